The Morgan fingerprint density at radius 1 is 1.06 bits per heavy atom. The van der Waals surface area contributed by atoms with Crippen molar-refractivity contribution in [2.45, 2.75) is 12.5 Å². The van der Waals surface area contributed by atoms with Gasteiger partial charge in [-0.15, -0.1) is 0 Å². The molecule has 8 heteroatoms. The van der Waals surface area contributed by atoms with Gasteiger partial charge in [-0.05, 0) is 36.4 Å². The normalized spacial score (nSPS) is 15.6. The zero-order valence-electron chi connectivity index (χ0n) is 18.4. The molecule has 0 bridgehead atoms. The lowest BCUT2D eigenvalue weighted by molar-refractivity contribution is 0.0765. The van der Waals surface area contributed by atoms with Crippen LogP contribution in [0.15, 0.2) is 60.7 Å². The SMILES string of the molecule is COc1ccc(OC)c(-c2cc(C(=O)N3CCC(Oc4ccc5ccccc5n4)C3)[nH]n2)c1. The molecule has 1 aliphatic heterocycles. The number of pyridine rings is 1. The van der Waals surface area contributed by atoms with Gasteiger partial charge in [-0.2, -0.15) is 5.10 Å². The molecule has 1 atom stereocenters. The van der Waals surface area contributed by atoms with Crippen molar-refractivity contribution in [3.63, 3.8) is 0 Å². The van der Waals surface area contributed by atoms with Gasteiger partial charge in [0, 0.05) is 30.0 Å². The topological polar surface area (TPSA) is 89.6 Å². The molecular weight excluding hydrogens is 420 g/mol. The molecule has 33 heavy (non-hydrogen) atoms. The molecule has 168 valence electrons. The Balaban J connectivity index is 1.28. The van der Waals surface area contributed by atoms with Crippen LogP contribution < -0.4 is 14.2 Å². The number of ether oxygens (including phenoxy) is 3. The number of aromatic amines is 1. The molecule has 1 fully saturated rings. The highest BCUT2D eigenvalue weighted by Crippen LogP contribution is 2.33. The maximum Gasteiger partial charge on any atom is 0.272 e. The molecule has 1 aliphatic rings. The van der Waals surface area contributed by atoms with Gasteiger partial charge in [0.05, 0.1) is 32.0 Å². The van der Waals surface area contributed by atoms with Crippen LogP contribution in [0, 0.1) is 0 Å². The summed E-state index contributed by atoms with van der Waals surface area (Å²) in [4.78, 5) is 19.4. The minimum absolute atomic E-state index is 0.108. The van der Waals surface area contributed by atoms with Gasteiger partial charge in [-0.25, -0.2) is 4.98 Å². The Bertz CT molecular complexity index is 1300. The fraction of sp³-hybridized carbons (Fsp3) is 0.240. The van der Waals surface area contributed by atoms with E-state index in [9.17, 15) is 4.79 Å². The number of amides is 1. The van der Waals surface area contributed by atoms with E-state index in [1.165, 1.54) is 0 Å². The first kappa shape index (κ1) is 20.8. The molecule has 0 saturated carbocycles. The first-order chi connectivity index (χ1) is 16.1. The third kappa shape index (κ3) is 4.19. The predicted molar refractivity (Wildman–Crippen MR) is 124 cm³/mol. The summed E-state index contributed by atoms with van der Waals surface area (Å²) in [5.41, 5.74) is 2.66. The largest absolute Gasteiger partial charge is 0.497 e. The van der Waals surface area contributed by atoms with Crippen LogP contribution in [0.3, 0.4) is 0 Å². The lowest BCUT2D eigenvalue weighted by Gasteiger charge is -2.16. The second-order valence-corrected chi connectivity index (χ2v) is 7.85. The fourth-order valence-electron chi connectivity index (χ4n) is 4.05. The molecule has 1 N–H and O–H groups in total. The summed E-state index contributed by atoms with van der Waals surface area (Å²) in [5.74, 6) is 1.79. The fourth-order valence-corrected chi connectivity index (χ4v) is 4.05. The number of fused-ring (bicyclic) bond motifs is 1. The van der Waals surface area contributed by atoms with E-state index in [1.807, 2.05) is 54.6 Å². The molecule has 2 aromatic heterocycles. The third-order valence-electron chi connectivity index (χ3n) is 5.78. The van der Waals surface area contributed by atoms with Crippen LogP contribution in [0.5, 0.6) is 17.4 Å². The molecule has 3 heterocycles. The third-order valence-corrected chi connectivity index (χ3v) is 5.78. The van der Waals surface area contributed by atoms with Gasteiger partial charge in [-0.3, -0.25) is 9.89 Å². The molecular formula is C25H24N4O4. The highest BCUT2D eigenvalue weighted by Gasteiger charge is 2.30. The number of benzene rings is 2. The number of carbonyl (C=O) groups is 1. The van der Waals surface area contributed by atoms with Crippen molar-refractivity contribution >= 4 is 16.8 Å². The average Bonchev–Trinajstić information content (AvgIpc) is 3.53. The number of hydrogen-bond donors (Lipinski definition) is 1. The Morgan fingerprint density at radius 2 is 1.94 bits per heavy atom. The minimum atomic E-state index is -0.117. The maximum absolute atomic E-state index is 13.1. The summed E-state index contributed by atoms with van der Waals surface area (Å²) in [7, 11) is 3.20. The molecule has 1 amide bonds. The Morgan fingerprint density at radius 3 is 2.79 bits per heavy atom. The van der Waals surface area contributed by atoms with Crippen LogP contribution in [0.1, 0.15) is 16.9 Å². The average molecular weight is 444 g/mol. The van der Waals surface area contributed by atoms with E-state index in [0.717, 1.165) is 22.9 Å². The van der Waals surface area contributed by atoms with Crippen LogP contribution in [0.25, 0.3) is 22.2 Å². The molecule has 1 saturated heterocycles. The lowest BCUT2D eigenvalue weighted by atomic mass is 10.1. The minimum Gasteiger partial charge on any atom is -0.497 e. The molecule has 2 aromatic carbocycles. The quantitative estimate of drug-likeness (QED) is 0.485. The number of hydrogen-bond acceptors (Lipinski definition) is 6. The number of likely N-dealkylation sites (tertiary alicyclic amines) is 1. The van der Waals surface area contributed by atoms with E-state index >= 15 is 0 Å². The zero-order chi connectivity index (χ0) is 22.8. The van der Waals surface area contributed by atoms with Crippen LogP contribution in [0.4, 0.5) is 0 Å². The Hall–Kier alpha value is -4.07. The van der Waals surface area contributed by atoms with Gasteiger partial charge in [-0.1, -0.05) is 18.2 Å². The summed E-state index contributed by atoms with van der Waals surface area (Å²) in [6.45, 7) is 1.10. The van der Waals surface area contributed by atoms with Crippen molar-refractivity contribution in [3.05, 3.63) is 66.4 Å². The lowest BCUT2D eigenvalue weighted by Crippen LogP contribution is -2.31. The first-order valence-corrected chi connectivity index (χ1v) is 10.7. The smallest absolute Gasteiger partial charge is 0.272 e. The molecule has 1 unspecified atom stereocenters. The highest BCUT2D eigenvalue weighted by atomic mass is 16.5. The van der Waals surface area contributed by atoms with Gasteiger partial charge in [0.1, 0.15) is 23.3 Å². The molecule has 0 aliphatic carbocycles. The van der Waals surface area contributed by atoms with Gasteiger partial charge >= 0.3 is 0 Å². The maximum atomic E-state index is 13.1. The van der Waals surface area contributed by atoms with E-state index in [0.29, 0.717) is 41.9 Å². The molecule has 0 spiro atoms. The monoisotopic (exact) mass is 444 g/mol. The number of methoxy groups -OCH3 is 2. The van der Waals surface area contributed by atoms with E-state index in [4.69, 9.17) is 14.2 Å². The number of H-pyrrole nitrogens is 1. The predicted octanol–water partition coefficient (Wildman–Crippen LogP) is 3.94. The Kier molecular flexibility index (Phi) is 5.56. The number of nitrogens with one attached hydrogen (secondary N) is 1. The van der Waals surface area contributed by atoms with Gasteiger partial charge < -0.3 is 19.1 Å². The van der Waals surface area contributed by atoms with E-state index < -0.39 is 0 Å². The van der Waals surface area contributed by atoms with Crippen molar-refractivity contribution in [3.8, 4) is 28.6 Å². The molecule has 0 radical (unpaired) electrons. The van der Waals surface area contributed by atoms with Crippen molar-refractivity contribution in [1.82, 2.24) is 20.1 Å². The number of aromatic nitrogens is 3. The van der Waals surface area contributed by atoms with Crippen molar-refractivity contribution < 1.29 is 19.0 Å². The Labute approximate surface area is 191 Å². The van der Waals surface area contributed by atoms with Crippen molar-refractivity contribution in [1.29, 1.82) is 0 Å². The zero-order valence-corrected chi connectivity index (χ0v) is 18.4. The second kappa shape index (κ2) is 8.82. The number of para-hydroxylation sites is 1. The van der Waals surface area contributed by atoms with Crippen LogP contribution in [0.2, 0.25) is 0 Å². The summed E-state index contributed by atoms with van der Waals surface area (Å²) in [5, 5.41) is 8.26. The number of nitrogens with zero attached hydrogens (tertiary/aromatic N) is 3. The van der Waals surface area contributed by atoms with Gasteiger partial charge in [0.15, 0.2) is 0 Å². The van der Waals surface area contributed by atoms with E-state index in [1.54, 1.807) is 25.2 Å². The summed E-state index contributed by atoms with van der Waals surface area (Å²) < 4.78 is 16.8. The second-order valence-electron chi connectivity index (χ2n) is 7.85. The number of carbonyl (C=O) groups excluding carboxylic acids is 1. The summed E-state index contributed by atoms with van der Waals surface area (Å²) in [6, 6.07) is 19.0. The number of rotatable bonds is 6. The first-order valence-electron chi connectivity index (χ1n) is 10.7. The van der Waals surface area contributed by atoms with E-state index in [-0.39, 0.29) is 12.0 Å². The van der Waals surface area contributed by atoms with Crippen LogP contribution >= 0.6 is 0 Å². The van der Waals surface area contributed by atoms with E-state index in [2.05, 4.69) is 15.2 Å². The van der Waals surface area contributed by atoms with Crippen molar-refractivity contribution in [2.75, 3.05) is 27.3 Å². The van der Waals surface area contributed by atoms with Gasteiger partial charge in [0.2, 0.25) is 5.88 Å². The van der Waals surface area contributed by atoms with Crippen LogP contribution in [-0.2, 0) is 0 Å². The standard InChI is InChI=1S/C25H24N4O4/c1-31-17-8-9-23(32-2)19(13-17)21-14-22(28-27-21)25(30)29-12-11-18(15-29)33-24-10-7-16-5-3-4-6-20(16)26-24/h3-10,13-14,18H,11-12,15H2,1-2H3,(H,27,28). The summed E-state index contributed by atoms with van der Waals surface area (Å²) >= 11 is 0. The van der Waals surface area contributed by atoms with Crippen molar-refractivity contribution in [2.24, 2.45) is 0 Å². The highest BCUT2D eigenvalue weighted by molar-refractivity contribution is 5.94. The van der Waals surface area contributed by atoms with Crippen LogP contribution in [-0.4, -0.2) is 59.4 Å². The van der Waals surface area contributed by atoms with Gasteiger partial charge in [0.25, 0.3) is 5.91 Å². The molecule has 5 rings (SSSR count). The molecule has 8 nitrogen and oxygen atoms in total. The molecule has 4 aromatic rings. The summed E-state index contributed by atoms with van der Waals surface area (Å²) in [6.07, 6.45) is 0.633.